The quantitative estimate of drug-likeness (QED) is 0.899. The van der Waals surface area contributed by atoms with E-state index in [1.54, 1.807) is 0 Å². The van der Waals surface area contributed by atoms with Gasteiger partial charge in [-0.05, 0) is 27.7 Å². The fourth-order valence-corrected chi connectivity index (χ4v) is 2.78. The third-order valence-corrected chi connectivity index (χ3v) is 3.65. The van der Waals surface area contributed by atoms with E-state index in [2.05, 4.69) is 43.9 Å². The van der Waals surface area contributed by atoms with Crippen LogP contribution in [0.5, 0.6) is 0 Å². The average molecular weight is 266 g/mol. The van der Waals surface area contributed by atoms with Gasteiger partial charge in [0.15, 0.2) is 0 Å². The second-order valence-electron chi connectivity index (χ2n) is 5.81. The van der Waals surface area contributed by atoms with E-state index in [4.69, 9.17) is 10.5 Å². The topological polar surface area (TPSA) is 56.3 Å². The first-order valence-electron chi connectivity index (χ1n) is 7.15. The summed E-state index contributed by atoms with van der Waals surface area (Å²) >= 11 is 0. The minimum absolute atomic E-state index is 0.237. The summed E-state index contributed by atoms with van der Waals surface area (Å²) in [5.74, 6) is 0. The Hall–Kier alpha value is -0.910. The molecule has 1 aromatic heterocycles. The van der Waals surface area contributed by atoms with Crippen LogP contribution < -0.4 is 5.73 Å². The van der Waals surface area contributed by atoms with Gasteiger partial charge in [0, 0.05) is 37.4 Å². The van der Waals surface area contributed by atoms with E-state index in [1.807, 2.05) is 10.9 Å². The van der Waals surface area contributed by atoms with Gasteiger partial charge in [-0.1, -0.05) is 0 Å². The number of morpholine rings is 1. The Morgan fingerprint density at radius 2 is 2.00 bits per heavy atom. The summed E-state index contributed by atoms with van der Waals surface area (Å²) in [6.45, 7) is 11.0. The molecule has 19 heavy (non-hydrogen) atoms. The number of nitrogens with two attached hydrogens (primary N) is 1. The smallest absolute Gasteiger partial charge is 0.0678 e. The van der Waals surface area contributed by atoms with Crippen LogP contribution in [0.25, 0.3) is 0 Å². The normalized spacial score (nSPS) is 26.8. The van der Waals surface area contributed by atoms with Gasteiger partial charge in [-0.15, -0.1) is 0 Å². The molecular weight excluding hydrogens is 240 g/mol. The molecule has 5 nitrogen and oxygen atoms in total. The molecule has 1 fully saturated rings. The molecule has 1 unspecified atom stereocenters. The average Bonchev–Trinajstić information content (AvgIpc) is 2.78. The van der Waals surface area contributed by atoms with E-state index in [9.17, 15) is 0 Å². The highest BCUT2D eigenvalue weighted by molar-refractivity contribution is 5.12. The third-order valence-electron chi connectivity index (χ3n) is 3.65. The lowest BCUT2D eigenvalue weighted by Crippen LogP contribution is -2.48. The van der Waals surface area contributed by atoms with Crippen LogP contribution >= 0.6 is 0 Å². The Balaban J connectivity index is 2.14. The molecule has 0 radical (unpaired) electrons. The van der Waals surface area contributed by atoms with Crippen molar-refractivity contribution in [2.24, 2.45) is 5.73 Å². The molecule has 0 amide bonds. The van der Waals surface area contributed by atoms with Crippen molar-refractivity contribution in [1.82, 2.24) is 14.7 Å². The first-order chi connectivity index (χ1) is 9.01. The predicted octanol–water partition coefficient (Wildman–Crippen LogP) is 1.57. The van der Waals surface area contributed by atoms with Gasteiger partial charge >= 0.3 is 0 Å². The van der Waals surface area contributed by atoms with E-state index < -0.39 is 0 Å². The SMILES string of the molecule is CC(C)n1cc(C(CN)N2C[C@@H](C)O[C@@H](C)C2)cn1. The highest BCUT2D eigenvalue weighted by atomic mass is 16.5. The molecule has 108 valence electrons. The highest BCUT2D eigenvalue weighted by Gasteiger charge is 2.28. The largest absolute Gasteiger partial charge is 0.373 e. The van der Waals surface area contributed by atoms with Gasteiger partial charge in [-0.2, -0.15) is 5.10 Å². The van der Waals surface area contributed by atoms with Crippen LogP contribution in [0.3, 0.4) is 0 Å². The minimum atomic E-state index is 0.237. The van der Waals surface area contributed by atoms with Crippen LogP contribution in [0, 0.1) is 0 Å². The second kappa shape index (κ2) is 6.03. The molecule has 0 aromatic carbocycles. The monoisotopic (exact) mass is 266 g/mol. The number of hydrogen-bond donors (Lipinski definition) is 1. The lowest BCUT2D eigenvalue weighted by Gasteiger charge is -2.39. The van der Waals surface area contributed by atoms with Gasteiger partial charge in [-0.3, -0.25) is 9.58 Å². The Morgan fingerprint density at radius 1 is 1.37 bits per heavy atom. The second-order valence-corrected chi connectivity index (χ2v) is 5.81. The first-order valence-corrected chi connectivity index (χ1v) is 7.15. The van der Waals surface area contributed by atoms with Crippen molar-refractivity contribution < 1.29 is 4.74 Å². The van der Waals surface area contributed by atoms with E-state index in [-0.39, 0.29) is 18.2 Å². The van der Waals surface area contributed by atoms with Gasteiger partial charge in [0.1, 0.15) is 0 Å². The van der Waals surface area contributed by atoms with Gasteiger partial charge < -0.3 is 10.5 Å². The van der Waals surface area contributed by atoms with Crippen molar-refractivity contribution in [1.29, 1.82) is 0 Å². The molecule has 1 aliphatic rings. The molecule has 1 aliphatic heterocycles. The maximum Gasteiger partial charge on any atom is 0.0678 e. The number of rotatable bonds is 4. The molecule has 0 spiro atoms. The summed E-state index contributed by atoms with van der Waals surface area (Å²) in [5, 5.41) is 4.42. The molecule has 1 saturated heterocycles. The van der Waals surface area contributed by atoms with Crippen LogP contribution in [0.1, 0.15) is 45.3 Å². The zero-order valence-electron chi connectivity index (χ0n) is 12.4. The van der Waals surface area contributed by atoms with Crippen molar-refractivity contribution in [3.05, 3.63) is 18.0 Å². The van der Waals surface area contributed by atoms with Gasteiger partial charge in [0.25, 0.3) is 0 Å². The zero-order chi connectivity index (χ0) is 14.0. The number of aromatic nitrogens is 2. The minimum Gasteiger partial charge on any atom is -0.373 e. The standard InChI is InChI=1S/C14H26N4O/c1-10(2)18-9-13(6-16-18)14(5-15)17-7-11(3)19-12(4)8-17/h6,9-12,14H,5,7-8,15H2,1-4H3/t11-,12+,14?. The van der Waals surface area contributed by atoms with Crippen molar-refractivity contribution in [2.75, 3.05) is 19.6 Å². The van der Waals surface area contributed by atoms with Crippen LogP contribution in [0.2, 0.25) is 0 Å². The molecular formula is C14H26N4O. The first kappa shape index (κ1) is 14.5. The molecule has 1 aromatic rings. The summed E-state index contributed by atoms with van der Waals surface area (Å²) in [4.78, 5) is 2.42. The van der Waals surface area contributed by atoms with Crippen LogP contribution in [-0.4, -0.2) is 46.5 Å². The summed E-state index contributed by atoms with van der Waals surface area (Å²) < 4.78 is 7.78. The number of nitrogens with zero attached hydrogens (tertiary/aromatic N) is 3. The maximum absolute atomic E-state index is 5.99. The summed E-state index contributed by atoms with van der Waals surface area (Å²) in [7, 11) is 0. The molecule has 5 heteroatoms. The molecule has 0 bridgehead atoms. The van der Waals surface area contributed by atoms with E-state index >= 15 is 0 Å². The molecule has 0 saturated carbocycles. The van der Waals surface area contributed by atoms with Crippen molar-refractivity contribution in [2.45, 2.75) is 52.0 Å². The summed E-state index contributed by atoms with van der Waals surface area (Å²) in [6.07, 6.45) is 4.59. The van der Waals surface area contributed by atoms with E-state index in [1.165, 1.54) is 5.56 Å². The Kier molecular flexibility index (Phi) is 4.60. The molecule has 2 heterocycles. The van der Waals surface area contributed by atoms with Crippen molar-refractivity contribution in [3.63, 3.8) is 0 Å². The number of hydrogen-bond acceptors (Lipinski definition) is 4. The highest BCUT2D eigenvalue weighted by Crippen LogP contribution is 2.24. The Bertz CT molecular complexity index is 394. The van der Waals surface area contributed by atoms with E-state index in [0.29, 0.717) is 12.6 Å². The van der Waals surface area contributed by atoms with Gasteiger partial charge in [-0.25, -0.2) is 0 Å². The molecule has 3 atom stereocenters. The van der Waals surface area contributed by atoms with Gasteiger partial charge in [0.05, 0.1) is 24.4 Å². The fourth-order valence-electron chi connectivity index (χ4n) is 2.78. The van der Waals surface area contributed by atoms with Crippen LogP contribution in [0.4, 0.5) is 0 Å². The van der Waals surface area contributed by atoms with Crippen molar-refractivity contribution >= 4 is 0 Å². The summed E-state index contributed by atoms with van der Waals surface area (Å²) in [5.41, 5.74) is 7.20. The van der Waals surface area contributed by atoms with Gasteiger partial charge in [0.2, 0.25) is 0 Å². The summed E-state index contributed by atoms with van der Waals surface area (Å²) in [6, 6.07) is 0.621. The van der Waals surface area contributed by atoms with E-state index in [0.717, 1.165) is 13.1 Å². The molecule has 2 rings (SSSR count). The zero-order valence-corrected chi connectivity index (χ0v) is 12.4. The lowest BCUT2D eigenvalue weighted by atomic mass is 10.1. The Morgan fingerprint density at radius 3 is 2.47 bits per heavy atom. The fraction of sp³-hybridized carbons (Fsp3) is 0.786. The molecule has 2 N–H and O–H groups in total. The number of ether oxygens (including phenoxy) is 1. The Labute approximate surface area is 115 Å². The third kappa shape index (κ3) is 3.35. The predicted molar refractivity (Wildman–Crippen MR) is 76.0 cm³/mol. The lowest BCUT2D eigenvalue weighted by molar-refractivity contribution is -0.0799. The van der Waals surface area contributed by atoms with Crippen LogP contribution in [0.15, 0.2) is 12.4 Å². The maximum atomic E-state index is 5.99. The molecule has 0 aliphatic carbocycles. The van der Waals surface area contributed by atoms with Crippen LogP contribution in [-0.2, 0) is 4.74 Å². The van der Waals surface area contributed by atoms with Crippen molar-refractivity contribution in [3.8, 4) is 0 Å².